The molecule has 1 aromatic heterocycles. The second-order valence-electron chi connectivity index (χ2n) is 15.5. The van der Waals surface area contributed by atoms with Crippen LogP contribution in [0.5, 0.6) is 5.75 Å². The number of carbonyl (C=O) groups excluding carboxylic acids is 1. The van der Waals surface area contributed by atoms with Crippen LogP contribution in [0.2, 0.25) is 0 Å². The average Bonchev–Trinajstić information content (AvgIpc) is 3.75. The van der Waals surface area contributed by atoms with Crippen molar-refractivity contribution in [2.45, 2.75) is 126 Å². The zero-order valence-electron chi connectivity index (χ0n) is 30.4. The van der Waals surface area contributed by atoms with Crippen LogP contribution in [-0.4, -0.2) is 53.3 Å². The summed E-state index contributed by atoms with van der Waals surface area (Å²) in [7, 11) is -4.14. The van der Waals surface area contributed by atoms with E-state index in [1.807, 2.05) is 32.0 Å². The number of thiophene rings is 1. The topological polar surface area (TPSA) is 104 Å². The number of Topliss-reactive ketones (excluding diaryl/α,β-unsaturated/α-hetero) is 1. The maximum atomic E-state index is 14.4. The zero-order chi connectivity index (χ0) is 38.0. The molecule has 7 rings (SSSR count). The molecule has 2 aromatic carbocycles. The van der Waals surface area contributed by atoms with E-state index in [2.05, 4.69) is 10.8 Å². The summed E-state index contributed by atoms with van der Waals surface area (Å²) in [5, 5.41) is 25.6. The fourth-order valence-electron chi connectivity index (χ4n) is 8.85. The van der Waals surface area contributed by atoms with E-state index in [1.54, 1.807) is 11.4 Å². The van der Waals surface area contributed by atoms with Gasteiger partial charge in [0.1, 0.15) is 9.96 Å². The van der Waals surface area contributed by atoms with Gasteiger partial charge in [0.2, 0.25) is 0 Å². The number of alkyl halides is 3. The van der Waals surface area contributed by atoms with E-state index in [0.29, 0.717) is 49.7 Å². The molecule has 2 fully saturated rings. The van der Waals surface area contributed by atoms with Gasteiger partial charge in [0.15, 0.2) is 5.78 Å². The minimum absolute atomic E-state index is 0.0852. The Morgan fingerprint density at radius 2 is 1.75 bits per heavy atom. The number of nitrogens with zero attached hydrogens (tertiary/aromatic N) is 1. The third-order valence-corrected chi connectivity index (χ3v) is 15.1. The number of ketones is 1. The van der Waals surface area contributed by atoms with Gasteiger partial charge in [-0.05, 0) is 117 Å². The lowest BCUT2D eigenvalue weighted by Crippen LogP contribution is -2.53. The molecule has 4 aliphatic rings. The van der Waals surface area contributed by atoms with E-state index < -0.39 is 39.3 Å². The van der Waals surface area contributed by atoms with Gasteiger partial charge in [-0.25, -0.2) is 8.42 Å². The SMILES string of the molecule is CC1=CCCC2(C)C(CCC2(O)CN(Cc2ccc(OC(F)(F)F)cc2)S(=O)(=O)c2cccs2)c2ccc(cc2C(=O)C2CCCCC2)CC(O)CC1. The average molecular weight is 774 g/mol. The largest absolute Gasteiger partial charge is 0.573 e. The number of benzene rings is 2. The number of halogens is 3. The van der Waals surface area contributed by atoms with E-state index in [4.69, 9.17) is 0 Å². The maximum Gasteiger partial charge on any atom is 0.573 e. The number of carbonyl (C=O) groups is 1. The van der Waals surface area contributed by atoms with Crippen molar-refractivity contribution in [2.24, 2.45) is 11.3 Å². The number of ether oxygens (including phenoxy) is 1. The van der Waals surface area contributed by atoms with Crippen LogP contribution in [0.25, 0.3) is 0 Å². The molecular formula is C41H50F3NO6S2. The Bertz CT molecular complexity index is 1870. The first-order valence-corrected chi connectivity index (χ1v) is 21.0. The molecule has 2 bridgehead atoms. The molecule has 1 heterocycles. The highest BCUT2D eigenvalue weighted by atomic mass is 32.2. The predicted molar refractivity (Wildman–Crippen MR) is 199 cm³/mol. The minimum Gasteiger partial charge on any atom is -0.406 e. The molecule has 0 amide bonds. The van der Waals surface area contributed by atoms with Crippen LogP contribution in [0.15, 0.2) is 75.8 Å². The van der Waals surface area contributed by atoms with Gasteiger partial charge >= 0.3 is 6.36 Å². The molecule has 7 nitrogen and oxygen atoms in total. The quantitative estimate of drug-likeness (QED) is 0.166. The number of allylic oxidation sites excluding steroid dienone is 2. The number of aliphatic hydroxyl groups is 2. The summed E-state index contributed by atoms with van der Waals surface area (Å²) in [4.78, 5) is 14.4. The predicted octanol–water partition coefficient (Wildman–Crippen LogP) is 9.34. The van der Waals surface area contributed by atoms with E-state index in [9.17, 15) is 36.6 Å². The highest BCUT2D eigenvalue weighted by Crippen LogP contribution is 2.59. The first-order valence-electron chi connectivity index (χ1n) is 18.7. The van der Waals surface area contributed by atoms with Gasteiger partial charge in [0.05, 0.1) is 11.7 Å². The Labute approximate surface area is 314 Å². The van der Waals surface area contributed by atoms with Crippen molar-refractivity contribution >= 4 is 27.1 Å². The Kier molecular flexibility index (Phi) is 12.0. The van der Waals surface area contributed by atoms with Gasteiger partial charge in [-0.1, -0.05) is 68.2 Å². The molecular weight excluding hydrogens is 724 g/mol. The fraction of sp³-hybridized carbons (Fsp3) is 0.537. The van der Waals surface area contributed by atoms with Gasteiger partial charge in [-0.2, -0.15) is 4.31 Å². The zero-order valence-corrected chi connectivity index (χ0v) is 32.0. The fourth-order valence-corrected chi connectivity index (χ4v) is 11.5. The smallest absolute Gasteiger partial charge is 0.406 e. The summed E-state index contributed by atoms with van der Waals surface area (Å²) < 4.78 is 72.5. The number of hydrogen-bond acceptors (Lipinski definition) is 7. The van der Waals surface area contributed by atoms with E-state index in [-0.39, 0.29) is 41.3 Å². The first kappa shape index (κ1) is 39.7. The number of hydrogen-bond donors (Lipinski definition) is 2. The third-order valence-electron chi connectivity index (χ3n) is 12.0. The van der Waals surface area contributed by atoms with Crippen LogP contribution >= 0.6 is 11.3 Å². The lowest BCUT2D eigenvalue weighted by molar-refractivity contribution is -0.274. The molecule has 0 aliphatic heterocycles. The summed E-state index contributed by atoms with van der Waals surface area (Å²) in [5.41, 5.74) is 1.58. The van der Waals surface area contributed by atoms with Crippen molar-refractivity contribution in [1.29, 1.82) is 0 Å². The van der Waals surface area contributed by atoms with Crippen molar-refractivity contribution in [2.75, 3.05) is 6.54 Å². The minimum atomic E-state index is -4.87. The number of rotatable bonds is 9. The van der Waals surface area contributed by atoms with Crippen molar-refractivity contribution in [3.05, 3.63) is 93.9 Å². The second kappa shape index (κ2) is 16.0. The van der Waals surface area contributed by atoms with Crippen molar-refractivity contribution < 1.29 is 41.3 Å². The highest BCUT2D eigenvalue weighted by Gasteiger charge is 2.58. The summed E-state index contributed by atoms with van der Waals surface area (Å²) in [6.45, 7) is 3.62. The van der Waals surface area contributed by atoms with Crippen molar-refractivity contribution in [3.8, 4) is 5.75 Å². The van der Waals surface area contributed by atoms with Crippen LogP contribution in [0.1, 0.15) is 117 Å². The summed E-state index contributed by atoms with van der Waals surface area (Å²) in [5.74, 6) is -0.661. The molecule has 2 N–H and O–H groups in total. The standard InChI is InChI=1S/C41H50F3NO6S2/c1-28-8-6-21-39(2)36(34-19-15-30(24-32(46)16-12-28)25-35(34)38(47)31-9-4-3-5-10-31)20-22-40(39,48)27-45(53(49,50)37-11-7-23-52-37)26-29-13-17-33(18-14-29)51-41(42,43)44/h7-8,11,13-15,17-19,23,25,31-32,36,46,48H,3-6,9-10,12,16,20-22,24,26-27H2,1-2H3. The van der Waals surface area contributed by atoms with Crippen LogP contribution < -0.4 is 4.74 Å². The lowest BCUT2D eigenvalue weighted by Gasteiger charge is -2.46. The van der Waals surface area contributed by atoms with Gasteiger partial charge in [-0.15, -0.1) is 24.5 Å². The second-order valence-corrected chi connectivity index (χ2v) is 18.7. The maximum absolute atomic E-state index is 14.4. The lowest BCUT2D eigenvalue weighted by atomic mass is 9.64. The molecule has 4 atom stereocenters. The number of sulfonamides is 1. The summed E-state index contributed by atoms with van der Waals surface area (Å²) in [6, 6.07) is 14.2. The van der Waals surface area contributed by atoms with Crippen LogP contribution in [-0.2, 0) is 23.0 Å². The van der Waals surface area contributed by atoms with E-state index in [1.165, 1.54) is 22.5 Å². The molecule has 0 radical (unpaired) electrons. The Balaban J connectivity index is 1.41. The van der Waals surface area contributed by atoms with Crippen molar-refractivity contribution in [1.82, 2.24) is 4.31 Å². The van der Waals surface area contributed by atoms with Crippen LogP contribution in [0, 0.1) is 11.3 Å². The van der Waals surface area contributed by atoms with Gasteiger partial charge in [-0.3, -0.25) is 4.79 Å². The van der Waals surface area contributed by atoms with Crippen molar-refractivity contribution in [3.63, 3.8) is 0 Å². The van der Waals surface area contributed by atoms with Crippen LogP contribution in [0.3, 0.4) is 0 Å². The Morgan fingerprint density at radius 1 is 1.02 bits per heavy atom. The molecule has 2 saturated carbocycles. The van der Waals surface area contributed by atoms with Gasteiger partial charge in [0, 0.05) is 30.0 Å². The monoisotopic (exact) mass is 773 g/mol. The Hall–Kier alpha value is -3.03. The number of fused-ring (bicyclic) bond motifs is 8. The van der Waals surface area contributed by atoms with E-state index >= 15 is 0 Å². The first-order chi connectivity index (χ1) is 25.1. The van der Waals surface area contributed by atoms with E-state index in [0.717, 1.165) is 72.3 Å². The molecule has 4 unspecified atom stereocenters. The molecule has 0 saturated heterocycles. The highest BCUT2D eigenvalue weighted by molar-refractivity contribution is 7.91. The third kappa shape index (κ3) is 8.93. The number of aliphatic hydroxyl groups excluding tert-OH is 1. The molecule has 12 heteroatoms. The Morgan fingerprint density at radius 3 is 2.43 bits per heavy atom. The molecule has 4 aliphatic carbocycles. The summed E-state index contributed by atoms with van der Waals surface area (Å²) >= 11 is 1.06. The molecule has 3 aromatic rings. The molecule has 0 spiro atoms. The van der Waals surface area contributed by atoms with Gasteiger partial charge < -0.3 is 14.9 Å². The molecule has 53 heavy (non-hydrogen) atoms. The summed E-state index contributed by atoms with van der Waals surface area (Å²) in [6.07, 6.45) is 5.17. The van der Waals surface area contributed by atoms with Gasteiger partial charge in [0.25, 0.3) is 10.0 Å². The van der Waals surface area contributed by atoms with Crippen LogP contribution in [0.4, 0.5) is 13.2 Å². The normalized spacial score (nSPS) is 26.2. The molecule has 288 valence electrons.